The number of carbonyl (C=O) groups is 1. The molecule has 1 saturated heterocycles. The highest BCUT2D eigenvalue weighted by Gasteiger charge is 2.14. The molecule has 1 fully saturated rings. The molecule has 4 nitrogen and oxygen atoms in total. The number of rotatable bonds is 4. The third-order valence-corrected chi connectivity index (χ3v) is 2.20. The molecule has 1 atom stereocenters. The number of ether oxygens (including phenoxy) is 1. The van der Waals surface area contributed by atoms with Crippen LogP contribution in [0.3, 0.4) is 0 Å². The number of hydrogen-bond acceptors (Lipinski definition) is 3. The smallest absolute Gasteiger partial charge is 0.222 e. The zero-order chi connectivity index (χ0) is 9.52. The fraction of sp³-hybridized carbons (Fsp3) is 0.889. The standard InChI is InChI=1S/C9H18N2O2/c1-13-6-4-9(12)11-8-3-2-5-10-7-8/h8,10H,2-7H2,1H3,(H,11,12). The van der Waals surface area contributed by atoms with Gasteiger partial charge in [0, 0.05) is 26.1 Å². The van der Waals surface area contributed by atoms with Gasteiger partial charge in [-0.1, -0.05) is 0 Å². The van der Waals surface area contributed by atoms with E-state index < -0.39 is 0 Å². The molecular weight excluding hydrogens is 168 g/mol. The van der Waals surface area contributed by atoms with Crippen LogP contribution in [0, 0.1) is 0 Å². The molecule has 2 N–H and O–H groups in total. The molecule has 13 heavy (non-hydrogen) atoms. The summed E-state index contributed by atoms with van der Waals surface area (Å²) >= 11 is 0. The van der Waals surface area contributed by atoms with Crippen molar-refractivity contribution in [3.8, 4) is 0 Å². The van der Waals surface area contributed by atoms with Crippen molar-refractivity contribution in [2.24, 2.45) is 0 Å². The van der Waals surface area contributed by atoms with Crippen LogP contribution in [-0.2, 0) is 9.53 Å². The number of carbonyl (C=O) groups excluding carboxylic acids is 1. The van der Waals surface area contributed by atoms with Gasteiger partial charge < -0.3 is 15.4 Å². The summed E-state index contributed by atoms with van der Waals surface area (Å²) in [4.78, 5) is 11.3. The summed E-state index contributed by atoms with van der Waals surface area (Å²) in [7, 11) is 1.61. The minimum atomic E-state index is 0.0931. The third kappa shape index (κ3) is 4.24. The normalized spacial score (nSPS) is 22.7. The first kappa shape index (κ1) is 10.5. The van der Waals surface area contributed by atoms with E-state index in [2.05, 4.69) is 10.6 Å². The van der Waals surface area contributed by atoms with Crippen molar-refractivity contribution in [1.82, 2.24) is 10.6 Å². The Morgan fingerprint density at radius 3 is 3.15 bits per heavy atom. The molecule has 76 valence electrons. The Morgan fingerprint density at radius 1 is 1.69 bits per heavy atom. The monoisotopic (exact) mass is 186 g/mol. The number of nitrogens with one attached hydrogen (secondary N) is 2. The van der Waals surface area contributed by atoms with Crippen molar-refractivity contribution in [2.45, 2.75) is 25.3 Å². The van der Waals surface area contributed by atoms with Crippen molar-refractivity contribution in [2.75, 3.05) is 26.8 Å². The minimum absolute atomic E-state index is 0.0931. The molecule has 1 aliphatic rings. The van der Waals surface area contributed by atoms with E-state index in [1.54, 1.807) is 7.11 Å². The second-order valence-electron chi connectivity index (χ2n) is 3.35. The van der Waals surface area contributed by atoms with Crippen LogP contribution in [-0.4, -0.2) is 38.8 Å². The zero-order valence-corrected chi connectivity index (χ0v) is 8.14. The van der Waals surface area contributed by atoms with E-state index >= 15 is 0 Å². The summed E-state index contributed by atoms with van der Waals surface area (Å²) in [6, 6.07) is 0.318. The molecule has 1 amide bonds. The quantitative estimate of drug-likeness (QED) is 0.644. The van der Waals surface area contributed by atoms with Gasteiger partial charge in [-0.2, -0.15) is 0 Å². The molecule has 1 aliphatic heterocycles. The Balaban J connectivity index is 2.11. The lowest BCUT2D eigenvalue weighted by Crippen LogP contribution is -2.45. The van der Waals surface area contributed by atoms with Crippen LogP contribution in [0.1, 0.15) is 19.3 Å². The Labute approximate surface area is 79.0 Å². The van der Waals surface area contributed by atoms with E-state index in [0.29, 0.717) is 19.1 Å². The van der Waals surface area contributed by atoms with Gasteiger partial charge >= 0.3 is 0 Å². The minimum Gasteiger partial charge on any atom is -0.384 e. The Morgan fingerprint density at radius 2 is 2.54 bits per heavy atom. The van der Waals surface area contributed by atoms with Crippen LogP contribution in [0.15, 0.2) is 0 Å². The van der Waals surface area contributed by atoms with Gasteiger partial charge in [0.25, 0.3) is 0 Å². The maximum Gasteiger partial charge on any atom is 0.222 e. The van der Waals surface area contributed by atoms with E-state index in [0.717, 1.165) is 25.9 Å². The Bertz CT molecular complexity index is 156. The van der Waals surface area contributed by atoms with Crippen LogP contribution in [0.25, 0.3) is 0 Å². The van der Waals surface area contributed by atoms with Crippen molar-refractivity contribution in [3.63, 3.8) is 0 Å². The number of methoxy groups -OCH3 is 1. The fourth-order valence-corrected chi connectivity index (χ4v) is 1.47. The van der Waals surface area contributed by atoms with Gasteiger partial charge in [0.15, 0.2) is 0 Å². The van der Waals surface area contributed by atoms with Crippen molar-refractivity contribution in [1.29, 1.82) is 0 Å². The van der Waals surface area contributed by atoms with Crippen LogP contribution in [0.2, 0.25) is 0 Å². The van der Waals surface area contributed by atoms with Crippen LogP contribution < -0.4 is 10.6 Å². The molecule has 0 bridgehead atoms. The molecule has 1 rings (SSSR count). The maximum atomic E-state index is 11.3. The lowest BCUT2D eigenvalue weighted by Gasteiger charge is -2.23. The maximum absolute atomic E-state index is 11.3. The zero-order valence-electron chi connectivity index (χ0n) is 8.14. The first-order chi connectivity index (χ1) is 6.33. The lowest BCUT2D eigenvalue weighted by molar-refractivity contribution is -0.122. The molecule has 1 unspecified atom stereocenters. The van der Waals surface area contributed by atoms with Gasteiger partial charge in [-0.15, -0.1) is 0 Å². The van der Waals surface area contributed by atoms with Gasteiger partial charge in [-0.3, -0.25) is 4.79 Å². The van der Waals surface area contributed by atoms with E-state index in [9.17, 15) is 4.79 Å². The summed E-state index contributed by atoms with van der Waals surface area (Å²) in [5.74, 6) is 0.0931. The highest BCUT2D eigenvalue weighted by Crippen LogP contribution is 2.01. The summed E-state index contributed by atoms with van der Waals surface area (Å²) in [5.41, 5.74) is 0. The number of amides is 1. The molecule has 0 saturated carbocycles. The van der Waals surface area contributed by atoms with Crippen LogP contribution in [0.4, 0.5) is 0 Å². The summed E-state index contributed by atoms with van der Waals surface area (Å²) in [5, 5.41) is 6.22. The van der Waals surface area contributed by atoms with E-state index in [-0.39, 0.29) is 5.91 Å². The third-order valence-electron chi connectivity index (χ3n) is 2.20. The number of piperidine rings is 1. The van der Waals surface area contributed by atoms with E-state index in [4.69, 9.17) is 4.74 Å². The Hall–Kier alpha value is -0.610. The average molecular weight is 186 g/mol. The molecule has 0 radical (unpaired) electrons. The first-order valence-corrected chi connectivity index (χ1v) is 4.82. The fourth-order valence-electron chi connectivity index (χ4n) is 1.47. The van der Waals surface area contributed by atoms with E-state index in [1.807, 2.05) is 0 Å². The molecule has 0 aromatic heterocycles. The topological polar surface area (TPSA) is 50.4 Å². The van der Waals surface area contributed by atoms with Crippen LogP contribution in [0.5, 0.6) is 0 Å². The molecular formula is C9H18N2O2. The molecule has 0 aromatic rings. The summed E-state index contributed by atoms with van der Waals surface area (Å²) in [6.07, 6.45) is 2.70. The molecule has 0 aromatic carbocycles. The predicted molar refractivity (Wildman–Crippen MR) is 50.5 cm³/mol. The lowest BCUT2D eigenvalue weighted by atomic mass is 10.1. The van der Waals surface area contributed by atoms with Crippen molar-refractivity contribution in [3.05, 3.63) is 0 Å². The summed E-state index contributed by atoms with van der Waals surface area (Å²) in [6.45, 7) is 2.48. The highest BCUT2D eigenvalue weighted by molar-refractivity contribution is 5.76. The highest BCUT2D eigenvalue weighted by atomic mass is 16.5. The number of hydrogen-bond donors (Lipinski definition) is 2. The van der Waals surface area contributed by atoms with Crippen LogP contribution >= 0.6 is 0 Å². The molecule has 1 heterocycles. The van der Waals surface area contributed by atoms with Gasteiger partial charge in [0.2, 0.25) is 5.91 Å². The summed E-state index contributed by atoms with van der Waals surface area (Å²) < 4.78 is 4.83. The first-order valence-electron chi connectivity index (χ1n) is 4.82. The second kappa shape index (κ2) is 5.94. The van der Waals surface area contributed by atoms with Gasteiger partial charge in [0.05, 0.1) is 6.61 Å². The van der Waals surface area contributed by atoms with Crippen molar-refractivity contribution >= 4 is 5.91 Å². The average Bonchev–Trinajstić information content (AvgIpc) is 2.16. The van der Waals surface area contributed by atoms with Crippen molar-refractivity contribution < 1.29 is 9.53 Å². The SMILES string of the molecule is COCCC(=O)NC1CCCNC1. The molecule has 4 heteroatoms. The molecule has 0 aliphatic carbocycles. The van der Waals surface area contributed by atoms with Gasteiger partial charge in [0.1, 0.15) is 0 Å². The van der Waals surface area contributed by atoms with E-state index in [1.165, 1.54) is 0 Å². The van der Waals surface area contributed by atoms with Gasteiger partial charge in [-0.05, 0) is 19.4 Å². The second-order valence-corrected chi connectivity index (χ2v) is 3.35. The molecule has 0 spiro atoms. The largest absolute Gasteiger partial charge is 0.384 e. The Kier molecular flexibility index (Phi) is 4.78. The predicted octanol–water partition coefficient (Wildman–Crippen LogP) is -0.109. The van der Waals surface area contributed by atoms with Gasteiger partial charge in [-0.25, -0.2) is 0 Å².